The molecule has 0 fully saturated rings. The standard InChI is InChI=1S/C12H15N3O3S/c1-4-17-11(16)10-6-18-12(14-10)15(3)5-9-7-19-8(2)13-9/h6-7H,4-5H2,1-3H3. The third-order valence-electron chi connectivity index (χ3n) is 2.37. The molecule has 0 unspecified atom stereocenters. The van der Waals surface area contributed by atoms with Crippen LogP contribution < -0.4 is 4.90 Å². The summed E-state index contributed by atoms with van der Waals surface area (Å²) in [6.07, 6.45) is 1.30. The van der Waals surface area contributed by atoms with Crippen molar-refractivity contribution in [2.24, 2.45) is 0 Å². The smallest absolute Gasteiger partial charge is 0.360 e. The van der Waals surface area contributed by atoms with Crippen molar-refractivity contribution in [2.75, 3.05) is 18.6 Å². The van der Waals surface area contributed by atoms with E-state index in [9.17, 15) is 4.79 Å². The highest BCUT2D eigenvalue weighted by atomic mass is 32.1. The third kappa shape index (κ3) is 3.31. The Balaban J connectivity index is 2.03. The maximum atomic E-state index is 11.5. The quantitative estimate of drug-likeness (QED) is 0.783. The summed E-state index contributed by atoms with van der Waals surface area (Å²) < 4.78 is 10.1. The molecule has 0 bridgehead atoms. The van der Waals surface area contributed by atoms with Crippen LogP contribution in [0, 0.1) is 6.92 Å². The van der Waals surface area contributed by atoms with Crippen molar-refractivity contribution in [3.05, 3.63) is 28.0 Å². The average molecular weight is 281 g/mol. The zero-order chi connectivity index (χ0) is 13.8. The molecule has 102 valence electrons. The first-order valence-corrected chi connectivity index (χ1v) is 6.73. The van der Waals surface area contributed by atoms with Crippen LogP contribution in [0.2, 0.25) is 0 Å². The first-order valence-electron chi connectivity index (χ1n) is 5.85. The van der Waals surface area contributed by atoms with Crippen LogP contribution in [0.25, 0.3) is 0 Å². The van der Waals surface area contributed by atoms with Crippen molar-refractivity contribution in [3.8, 4) is 0 Å². The van der Waals surface area contributed by atoms with Crippen LogP contribution in [-0.2, 0) is 11.3 Å². The number of aryl methyl sites for hydroxylation is 1. The maximum Gasteiger partial charge on any atom is 0.360 e. The average Bonchev–Trinajstić information content (AvgIpc) is 2.98. The summed E-state index contributed by atoms with van der Waals surface area (Å²) >= 11 is 1.60. The van der Waals surface area contributed by atoms with Gasteiger partial charge in [0.1, 0.15) is 6.26 Å². The van der Waals surface area contributed by atoms with Crippen molar-refractivity contribution in [2.45, 2.75) is 20.4 Å². The number of aromatic nitrogens is 2. The van der Waals surface area contributed by atoms with Crippen molar-refractivity contribution in [3.63, 3.8) is 0 Å². The van der Waals surface area contributed by atoms with E-state index in [1.807, 2.05) is 19.4 Å². The lowest BCUT2D eigenvalue weighted by Gasteiger charge is -2.11. The number of esters is 1. The highest BCUT2D eigenvalue weighted by Gasteiger charge is 2.16. The van der Waals surface area contributed by atoms with Gasteiger partial charge in [-0.05, 0) is 13.8 Å². The second-order valence-corrected chi connectivity index (χ2v) is 5.01. The topological polar surface area (TPSA) is 68.5 Å². The highest BCUT2D eigenvalue weighted by Crippen LogP contribution is 2.16. The van der Waals surface area contributed by atoms with E-state index in [2.05, 4.69) is 9.97 Å². The number of ether oxygens (including phenoxy) is 1. The number of oxazole rings is 1. The zero-order valence-corrected chi connectivity index (χ0v) is 11.9. The van der Waals surface area contributed by atoms with Crippen LogP contribution in [0.1, 0.15) is 28.1 Å². The van der Waals surface area contributed by atoms with E-state index in [0.29, 0.717) is 19.2 Å². The first-order chi connectivity index (χ1) is 9.10. The molecule has 0 N–H and O–H groups in total. The lowest BCUT2D eigenvalue weighted by Crippen LogP contribution is -2.17. The van der Waals surface area contributed by atoms with E-state index in [-0.39, 0.29) is 5.69 Å². The SMILES string of the molecule is CCOC(=O)c1coc(N(C)Cc2csc(C)n2)n1. The first kappa shape index (κ1) is 13.5. The lowest BCUT2D eigenvalue weighted by molar-refractivity contribution is 0.0519. The van der Waals surface area contributed by atoms with Gasteiger partial charge in [-0.15, -0.1) is 11.3 Å². The van der Waals surface area contributed by atoms with Gasteiger partial charge in [0.2, 0.25) is 0 Å². The third-order valence-corrected chi connectivity index (χ3v) is 3.19. The number of anilines is 1. The molecule has 19 heavy (non-hydrogen) atoms. The van der Waals surface area contributed by atoms with Crippen LogP contribution in [-0.4, -0.2) is 29.6 Å². The van der Waals surface area contributed by atoms with Gasteiger partial charge < -0.3 is 14.1 Å². The molecular weight excluding hydrogens is 266 g/mol. The van der Waals surface area contributed by atoms with Crippen molar-refractivity contribution in [1.82, 2.24) is 9.97 Å². The Hall–Kier alpha value is -1.89. The van der Waals surface area contributed by atoms with E-state index in [4.69, 9.17) is 9.15 Å². The summed E-state index contributed by atoms with van der Waals surface area (Å²) in [5.41, 5.74) is 1.12. The number of nitrogens with zero attached hydrogens (tertiary/aromatic N) is 3. The summed E-state index contributed by atoms with van der Waals surface area (Å²) in [6.45, 7) is 4.59. The van der Waals surface area contributed by atoms with Crippen molar-refractivity contribution >= 4 is 23.3 Å². The van der Waals surface area contributed by atoms with Gasteiger partial charge >= 0.3 is 5.97 Å². The Morgan fingerprint density at radius 2 is 2.32 bits per heavy atom. The van der Waals surface area contributed by atoms with E-state index >= 15 is 0 Å². The lowest BCUT2D eigenvalue weighted by atomic mass is 10.4. The Labute approximate surface area is 115 Å². The highest BCUT2D eigenvalue weighted by molar-refractivity contribution is 7.09. The molecular formula is C12H15N3O3S. The van der Waals surface area contributed by atoms with E-state index in [1.165, 1.54) is 6.26 Å². The van der Waals surface area contributed by atoms with Gasteiger partial charge in [0.05, 0.1) is 23.9 Å². The number of thiazole rings is 1. The summed E-state index contributed by atoms with van der Waals surface area (Å²) in [5, 5.41) is 3.00. The predicted molar refractivity (Wildman–Crippen MR) is 71.4 cm³/mol. The van der Waals surface area contributed by atoms with Gasteiger partial charge in [-0.25, -0.2) is 9.78 Å². The number of carbonyl (C=O) groups excluding carboxylic acids is 1. The largest absolute Gasteiger partial charge is 0.461 e. The summed E-state index contributed by atoms with van der Waals surface area (Å²) in [7, 11) is 1.83. The summed E-state index contributed by atoms with van der Waals surface area (Å²) in [4.78, 5) is 21.7. The van der Waals surface area contributed by atoms with Crippen LogP contribution >= 0.6 is 11.3 Å². The van der Waals surface area contributed by atoms with Gasteiger partial charge in [0.15, 0.2) is 5.69 Å². The van der Waals surface area contributed by atoms with E-state index in [1.54, 1.807) is 23.2 Å². The second kappa shape index (κ2) is 5.83. The fraction of sp³-hybridized carbons (Fsp3) is 0.417. The van der Waals surface area contributed by atoms with Crippen molar-refractivity contribution in [1.29, 1.82) is 0 Å². The van der Waals surface area contributed by atoms with E-state index in [0.717, 1.165) is 10.7 Å². The van der Waals surface area contributed by atoms with Crippen LogP contribution in [0.3, 0.4) is 0 Å². The fourth-order valence-electron chi connectivity index (χ4n) is 1.53. The molecule has 6 nitrogen and oxygen atoms in total. The van der Waals surface area contributed by atoms with Crippen LogP contribution in [0.4, 0.5) is 6.01 Å². The Morgan fingerprint density at radius 3 is 2.95 bits per heavy atom. The molecule has 2 heterocycles. The number of hydrogen-bond donors (Lipinski definition) is 0. The molecule has 0 aliphatic heterocycles. The normalized spacial score (nSPS) is 10.5. The Bertz CT molecular complexity index is 564. The van der Waals surface area contributed by atoms with E-state index < -0.39 is 5.97 Å². The molecule has 0 saturated heterocycles. The van der Waals surface area contributed by atoms with Gasteiger partial charge in [-0.3, -0.25) is 0 Å². The zero-order valence-electron chi connectivity index (χ0n) is 11.0. The molecule has 2 aromatic heterocycles. The van der Waals surface area contributed by atoms with Gasteiger partial charge in [0.25, 0.3) is 6.01 Å². The minimum absolute atomic E-state index is 0.179. The van der Waals surface area contributed by atoms with Crippen molar-refractivity contribution < 1.29 is 13.9 Å². The van der Waals surface area contributed by atoms with Crippen LogP contribution in [0.15, 0.2) is 16.1 Å². The number of carbonyl (C=O) groups is 1. The molecule has 0 radical (unpaired) electrons. The van der Waals surface area contributed by atoms with Gasteiger partial charge in [-0.2, -0.15) is 4.98 Å². The molecule has 2 rings (SSSR count). The maximum absolute atomic E-state index is 11.5. The minimum Gasteiger partial charge on any atom is -0.461 e. The predicted octanol–water partition coefficient (Wildman–Crippen LogP) is 2.25. The molecule has 0 aromatic carbocycles. The monoisotopic (exact) mass is 281 g/mol. The molecule has 0 saturated carbocycles. The second-order valence-electron chi connectivity index (χ2n) is 3.95. The van der Waals surface area contributed by atoms with Crippen LogP contribution in [0.5, 0.6) is 0 Å². The molecule has 0 aliphatic rings. The molecule has 0 atom stereocenters. The Morgan fingerprint density at radius 1 is 1.53 bits per heavy atom. The molecule has 0 aliphatic carbocycles. The molecule has 0 amide bonds. The van der Waals surface area contributed by atoms with Gasteiger partial charge in [-0.1, -0.05) is 0 Å². The fourth-order valence-corrected chi connectivity index (χ4v) is 2.13. The number of rotatable bonds is 5. The molecule has 2 aromatic rings. The molecule has 0 spiro atoms. The molecule has 7 heteroatoms. The summed E-state index contributed by atoms with van der Waals surface area (Å²) in [6, 6.07) is 0.369. The van der Waals surface area contributed by atoms with Gasteiger partial charge in [0, 0.05) is 12.4 Å². The summed E-state index contributed by atoms with van der Waals surface area (Å²) in [5.74, 6) is -0.476. The Kier molecular flexibility index (Phi) is 4.16. The number of hydrogen-bond acceptors (Lipinski definition) is 7. The minimum atomic E-state index is -0.476.